The van der Waals surface area contributed by atoms with Gasteiger partial charge in [0.25, 0.3) is 0 Å². The lowest BCUT2D eigenvalue weighted by atomic mass is 10.0. The highest BCUT2D eigenvalue weighted by molar-refractivity contribution is 6.02. The Morgan fingerprint density at radius 3 is 2.93 bits per heavy atom. The zero-order valence-electron chi connectivity index (χ0n) is 16.1. The minimum Gasteiger partial charge on any atom is -0.387 e. The van der Waals surface area contributed by atoms with Crippen molar-refractivity contribution in [2.75, 3.05) is 17.2 Å². The average molecular weight is 386 g/mol. The van der Waals surface area contributed by atoms with E-state index in [0.29, 0.717) is 12.4 Å². The van der Waals surface area contributed by atoms with Crippen LogP contribution < -0.4 is 16.0 Å². The number of dihydropyridines is 1. The van der Waals surface area contributed by atoms with Crippen LogP contribution in [0.1, 0.15) is 17.7 Å². The quantitative estimate of drug-likeness (QED) is 0.731. The molecule has 0 aliphatic carbocycles. The highest BCUT2D eigenvalue weighted by atomic mass is 16.1. The number of rotatable bonds is 5. The number of nitrogens with zero attached hydrogens (tertiary/aromatic N) is 3. The fourth-order valence-corrected chi connectivity index (χ4v) is 3.10. The molecule has 0 fully saturated rings. The maximum atomic E-state index is 12.4. The van der Waals surface area contributed by atoms with Crippen molar-refractivity contribution in [1.29, 1.82) is 0 Å². The lowest BCUT2D eigenvalue weighted by Gasteiger charge is -2.15. The Labute approximate surface area is 169 Å². The molecule has 29 heavy (non-hydrogen) atoms. The fourth-order valence-electron chi connectivity index (χ4n) is 3.10. The van der Waals surface area contributed by atoms with Crippen molar-refractivity contribution in [1.82, 2.24) is 15.3 Å². The van der Waals surface area contributed by atoms with Gasteiger partial charge in [-0.05, 0) is 43.2 Å². The van der Waals surface area contributed by atoms with Gasteiger partial charge < -0.3 is 16.0 Å². The maximum Gasteiger partial charge on any atom is 0.233 e. The molecule has 1 amide bonds. The molecule has 146 valence electrons. The zero-order valence-corrected chi connectivity index (χ0v) is 16.1. The first kappa shape index (κ1) is 18.6. The van der Waals surface area contributed by atoms with Crippen LogP contribution in [-0.4, -0.2) is 28.6 Å². The van der Waals surface area contributed by atoms with E-state index < -0.39 is 0 Å². The van der Waals surface area contributed by atoms with Gasteiger partial charge in [0, 0.05) is 48.3 Å². The van der Waals surface area contributed by atoms with Crippen molar-refractivity contribution in [2.24, 2.45) is 10.9 Å². The first-order chi connectivity index (χ1) is 14.2. The number of aromatic nitrogens is 2. The molecular weight excluding hydrogens is 364 g/mol. The third-order valence-electron chi connectivity index (χ3n) is 4.67. The van der Waals surface area contributed by atoms with E-state index in [9.17, 15) is 4.79 Å². The second-order valence-corrected chi connectivity index (χ2v) is 6.84. The Bertz CT molecular complexity index is 1040. The predicted octanol–water partition coefficient (Wildman–Crippen LogP) is 3.57. The summed E-state index contributed by atoms with van der Waals surface area (Å²) in [5, 5.41) is 9.39. The number of hydrogen-bond donors (Lipinski definition) is 3. The number of benzene rings is 1. The van der Waals surface area contributed by atoms with Crippen LogP contribution in [0.15, 0.2) is 66.1 Å². The molecule has 0 spiro atoms. The monoisotopic (exact) mass is 386 g/mol. The van der Waals surface area contributed by atoms with Gasteiger partial charge in [-0.15, -0.1) is 0 Å². The summed E-state index contributed by atoms with van der Waals surface area (Å²) in [6.45, 7) is 2.80. The standard InChI is InChI=1S/C22H22N6O/c1-15-12-18(26-21(29)17-5-3-10-24-14-17)6-7-19(15)27-22-25-11-8-20(28-22)16-4-2-9-23-13-16/h2-4,6-8,10-14,17,23H,5,9H2,1H3,(H,26,29)(H,25,27,28). The Kier molecular flexibility index (Phi) is 5.47. The van der Waals surface area contributed by atoms with Crippen molar-refractivity contribution < 1.29 is 4.79 Å². The molecule has 3 N–H and O–H groups in total. The molecule has 7 nitrogen and oxygen atoms in total. The Hall–Kier alpha value is -3.74. The summed E-state index contributed by atoms with van der Waals surface area (Å²) in [4.78, 5) is 25.3. The lowest BCUT2D eigenvalue weighted by molar-refractivity contribution is -0.117. The van der Waals surface area contributed by atoms with Crippen LogP contribution in [-0.2, 0) is 4.79 Å². The molecule has 1 aromatic heterocycles. The van der Waals surface area contributed by atoms with E-state index in [1.807, 2.05) is 49.5 Å². The number of carbonyl (C=O) groups is 1. The van der Waals surface area contributed by atoms with E-state index >= 15 is 0 Å². The normalized spacial score (nSPS) is 17.4. The lowest BCUT2D eigenvalue weighted by Crippen LogP contribution is -2.24. The van der Waals surface area contributed by atoms with Crippen molar-refractivity contribution in [3.05, 3.63) is 72.3 Å². The molecule has 2 aliphatic rings. The van der Waals surface area contributed by atoms with Crippen LogP contribution in [0.4, 0.5) is 17.3 Å². The second kappa shape index (κ2) is 8.52. The Morgan fingerprint density at radius 1 is 1.24 bits per heavy atom. The van der Waals surface area contributed by atoms with E-state index in [4.69, 9.17) is 0 Å². The van der Waals surface area contributed by atoms with Crippen LogP contribution in [0.5, 0.6) is 0 Å². The Morgan fingerprint density at radius 2 is 2.17 bits per heavy atom. The second-order valence-electron chi connectivity index (χ2n) is 6.84. The van der Waals surface area contributed by atoms with Gasteiger partial charge >= 0.3 is 0 Å². The van der Waals surface area contributed by atoms with Gasteiger partial charge in [-0.3, -0.25) is 9.79 Å². The summed E-state index contributed by atoms with van der Waals surface area (Å²) in [6.07, 6.45) is 13.7. The van der Waals surface area contributed by atoms with Gasteiger partial charge in [0.1, 0.15) is 0 Å². The van der Waals surface area contributed by atoms with Crippen molar-refractivity contribution in [3.63, 3.8) is 0 Å². The van der Waals surface area contributed by atoms with E-state index in [1.54, 1.807) is 18.6 Å². The maximum absolute atomic E-state index is 12.4. The number of allylic oxidation sites excluding steroid dienone is 3. The smallest absolute Gasteiger partial charge is 0.233 e. The first-order valence-corrected chi connectivity index (χ1v) is 9.49. The van der Waals surface area contributed by atoms with Gasteiger partial charge in [0.05, 0.1) is 11.6 Å². The van der Waals surface area contributed by atoms with Gasteiger partial charge in [-0.25, -0.2) is 9.97 Å². The Balaban J connectivity index is 1.45. The largest absolute Gasteiger partial charge is 0.387 e. The summed E-state index contributed by atoms with van der Waals surface area (Å²) < 4.78 is 0. The number of hydrogen-bond acceptors (Lipinski definition) is 6. The van der Waals surface area contributed by atoms with E-state index in [0.717, 1.165) is 34.8 Å². The molecule has 0 radical (unpaired) electrons. The molecule has 1 atom stereocenters. The SMILES string of the molecule is Cc1cc(NC(=O)C2C=NC=CC2)ccc1Nc1nccc(C2=CNCC=C2)n1. The van der Waals surface area contributed by atoms with E-state index in [-0.39, 0.29) is 11.8 Å². The molecule has 0 saturated heterocycles. The third-order valence-corrected chi connectivity index (χ3v) is 4.67. The number of nitrogens with one attached hydrogen (secondary N) is 3. The van der Waals surface area contributed by atoms with Crippen LogP contribution in [0.2, 0.25) is 0 Å². The van der Waals surface area contributed by atoms with Gasteiger partial charge in [-0.2, -0.15) is 0 Å². The summed E-state index contributed by atoms with van der Waals surface area (Å²) >= 11 is 0. The minimum absolute atomic E-state index is 0.0586. The molecule has 2 aromatic rings. The number of amides is 1. The number of aliphatic imine (C=N–C) groups is 1. The molecule has 3 heterocycles. The van der Waals surface area contributed by atoms with Gasteiger partial charge in [0.15, 0.2) is 0 Å². The molecule has 2 aliphatic heterocycles. The molecule has 0 saturated carbocycles. The summed E-state index contributed by atoms with van der Waals surface area (Å²) in [5.41, 5.74) is 4.47. The molecule has 0 bridgehead atoms. The minimum atomic E-state index is -0.230. The van der Waals surface area contributed by atoms with Crippen LogP contribution >= 0.6 is 0 Å². The van der Waals surface area contributed by atoms with Crippen molar-refractivity contribution in [2.45, 2.75) is 13.3 Å². The topological polar surface area (TPSA) is 91.3 Å². The highest BCUT2D eigenvalue weighted by Crippen LogP contribution is 2.24. The summed E-state index contributed by atoms with van der Waals surface area (Å²) in [5.74, 6) is 0.232. The first-order valence-electron chi connectivity index (χ1n) is 9.49. The fraction of sp³-hybridized carbons (Fsp3) is 0.182. The van der Waals surface area contributed by atoms with Crippen LogP contribution in [0, 0.1) is 12.8 Å². The van der Waals surface area contributed by atoms with Crippen LogP contribution in [0.25, 0.3) is 5.57 Å². The van der Waals surface area contributed by atoms with Crippen LogP contribution in [0.3, 0.4) is 0 Å². The average Bonchev–Trinajstić information content (AvgIpc) is 2.77. The summed E-state index contributed by atoms with van der Waals surface area (Å²) in [6, 6.07) is 7.58. The third kappa shape index (κ3) is 4.57. The molecule has 4 rings (SSSR count). The predicted molar refractivity (Wildman–Crippen MR) is 116 cm³/mol. The van der Waals surface area contributed by atoms with E-state index in [1.165, 1.54) is 0 Å². The number of anilines is 3. The number of aryl methyl sites for hydroxylation is 1. The van der Waals surface area contributed by atoms with Crippen molar-refractivity contribution in [3.8, 4) is 0 Å². The van der Waals surface area contributed by atoms with Gasteiger partial charge in [0.2, 0.25) is 11.9 Å². The van der Waals surface area contributed by atoms with Crippen molar-refractivity contribution >= 4 is 35.0 Å². The van der Waals surface area contributed by atoms with Gasteiger partial charge in [-0.1, -0.05) is 18.2 Å². The number of carbonyl (C=O) groups excluding carboxylic acids is 1. The highest BCUT2D eigenvalue weighted by Gasteiger charge is 2.16. The molecule has 1 unspecified atom stereocenters. The van der Waals surface area contributed by atoms with E-state index in [2.05, 4.69) is 37.0 Å². The molecule has 1 aromatic carbocycles. The molecular formula is C22H22N6O. The summed E-state index contributed by atoms with van der Waals surface area (Å²) in [7, 11) is 0. The molecule has 7 heteroatoms. The zero-order chi connectivity index (χ0) is 20.1.